The van der Waals surface area contributed by atoms with E-state index in [4.69, 9.17) is 16.0 Å². The Hall–Kier alpha value is -2.97. The molecule has 1 aliphatic rings. The minimum absolute atomic E-state index is 0.0718. The summed E-state index contributed by atoms with van der Waals surface area (Å²) < 4.78 is 5.79. The summed E-state index contributed by atoms with van der Waals surface area (Å²) in [6, 6.07) is 15.7. The second kappa shape index (κ2) is 8.64. The predicted octanol–water partition coefficient (Wildman–Crippen LogP) is 4.31. The smallest absolute Gasteiger partial charge is 0.277 e. The summed E-state index contributed by atoms with van der Waals surface area (Å²) >= 11 is 7.36. The molecule has 31 heavy (non-hydrogen) atoms. The number of halogens is 1. The second-order valence-electron chi connectivity index (χ2n) is 7.26. The lowest BCUT2D eigenvalue weighted by atomic mass is 10.2. The molecule has 0 saturated carbocycles. The van der Waals surface area contributed by atoms with E-state index in [-0.39, 0.29) is 11.7 Å². The molecule has 158 valence electrons. The van der Waals surface area contributed by atoms with Gasteiger partial charge in [0.2, 0.25) is 5.91 Å². The number of para-hydroxylation sites is 1. The number of aromatic nitrogens is 3. The molecule has 3 heterocycles. The highest BCUT2D eigenvalue weighted by atomic mass is 35.5. The van der Waals surface area contributed by atoms with Crippen LogP contribution < -0.4 is 4.90 Å². The molecule has 1 saturated heterocycles. The molecule has 0 spiro atoms. The Bertz CT molecular complexity index is 1220. The first kappa shape index (κ1) is 20.0. The summed E-state index contributed by atoms with van der Waals surface area (Å²) in [5, 5.41) is 10.4. The Morgan fingerprint density at radius 2 is 1.94 bits per heavy atom. The van der Waals surface area contributed by atoms with Crippen LogP contribution in [0.5, 0.6) is 0 Å². The molecule has 0 atom stereocenters. The quantitative estimate of drug-likeness (QED) is 0.453. The van der Waals surface area contributed by atoms with Gasteiger partial charge in [-0.3, -0.25) is 4.79 Å². The molecule has 1 amide bonds. The summed E-state index contributed by atoms with van der Waals surface area (Å²) in [7, 11) is 0. The highest BCUT2D eigenvalue weighted by molar-refractivity contribution is 7.99. The molecule has 0 aliphatic carbocycles. The SMILES string of the molecule is O=C(CSc1nnc(-c2c[nH]c3ccccc23)o1)N1CCN(c2cccc(Cl)c2)CC1. The monoisotopic (exact) mass is 453 g/mol. The van der Waals surface area contributed by atoms with Crippen LogP contribution in [0.4, 0.5) is 5.69 Å². The fraction of sp³-hybridized carbons (Fsp3) is 0.227. The molecule has 7 nitrogen and oxygen atoms in total. The van der Waals surface area contributed by atoms with Gasteiger partial charge in [-0.05, 0) is 24.3 Å². The molecule has 1 N–H and O–H groups in total. The Labute approximate surface area is 188 Å². The van der Waals surface area contributed by atoms with Crippen molar-refractivity contribution in [2.24, 2.45) is 0 Å². The Morgan fingerprint density at radius 1 is 1.10 bits per heavy atom. The number of piperazine rings is 1. The molecule has 4 aromatic rings. The van der Waals surface area contributed by atoms with Crippen molar-refractivity contribution in [3.05, 3.63) is 59.8 Å². The third-order valence-electron chi connectivity index (χ3n) is 5.35. The molecule has 1 aliphatic heterocycles. The fourth-order valence-electron chi connectivity index (χ4n) is 3.73. The number of carbonyl (C=O) groups excluding carboxylic acids is 1. The molecule has 9 heteroatoms. The second-order valence-corrected chi connectivity index (χ2v) is 8.62. The minimum atomic E-state index is 0.0718. The number of carbonyl (C=O) groups is 1. The average Bonchev–Trinajstić information content (AvgIpc) is 3.44. The standard InChI is InChI=1S/C22H20ClN5O2S/c23-15-4-3-5-16(12-15)27-8-10-28(11-9-27)20(29)14-31-22-26-25-21(30-22)18-13-24-19-7-2-1-6-17(18)19/h1-7,12-13,24H,8-11,14H2. The zero-order chi connectivity index (χ0) is 21.2. The van der Waals surface area contributed by atoms with Gasteiger partial charge in [-0.2, -0.15) is 0 Å². The number of fused-ring (bicyclic) bond motifs is 1. The summed E-state index contributed by atoms with van der Waals surface area (Å²) in [6.07, 6.45) is 1.86. The number of H-pyrrole nitrogens is 1. The van der Waals surface area contributed by atoms with Crippen LogP contribution in [0.1, 0.15) is 0 Å². The molecule has 0 bridgehead atoms. The zero-order valence-electron chi connectivity index (χ0n) is 16.6. The number of amides is 1. The van der Waals surface area contributed by atoms with Crippen molar-refractivity contribution in [1.29, 1.82) is 0 Å². The van der Waals surface area contributed by atoms with Gasteiger partial charge in [0.05, 0.1) is 11.3 Å². The first-order valence-corrected chi connectivity index (χ1v) is 11.3. The van der Waals surface area contributed by atoms with Gasteiger partial charge >= 0.3 is 0 Å². The van der Waals surface area contributed by atoms with E-state index >= 15 is 0 Å². The molecule has 5 rings (SSSR count). The average molecular weight is 454 g/mol. The number of nitrogens with zero attached hydrogens (tertiary/aromatic N) is 4. The fourth-order valence-corrected chi connectivity index (χ4v) is 4.58. The Balaban J connectivity index is 1.16. The van der Waals surface area contributed by atoms with Crippen LogP contribution in [0.15, 0.2) is 64.4 Å². The van der Waals surface area contributed by atoms with E-state index in [1.807, 2.05) is 59.6 Å². The van der Waals surface area contributed by atoms with E-state index in [0.717, 1.165) is 40.3 Å². The number of hydrogen-bond donors (Lipinski definition) is 1. The van der Waals surface area contributed by atoms with Gasteiger partial charge in [0.1, 0.15) is 0 Å². The molecular formula is C22H20ClN5O2S. The van der Waals surface area contributed by atoms with Gasteiger partial charge in [0.25, 0.3) is 11.1 Å². The maximum atomic E-state index is 12.6. The van der Waals surface area contributed by atoms with Crippen LogP contribution in [0, 0.1) is 0 Å². The van der Waals surface area contributed by atoms with E-state index in [1.165, 1.54) is 11.8 Å². The number of hydrogen-bond acceptors (Lipinski definition) is 6. The Morgan fingerprint density at radius 3 is 2.77 bits per heavy atom. The third-order valence-corrected chi connectivity index (χ3v) is 6.39. The maximum absolute atomic E-state index is 12.6. The van der Waals surface area contributed by atoms with E-state index in [1.54, 1.807) is 0 Å². The van der Waals surface area contributed by atoms with Crippen molar-refractivity contribution in [3.8, 4) is 11.5 Å². The van der Waals surface area contributed by atoms with Crippen LogP contribution in [0.25, 0.3) is 22.4 Å². The normalized spacial score (nSPS) is 14.4. The van der Waals surface area contributed by atoms with Crippen molar-refractivity contribution in [2.75, 3.05) is 36.8 Å². The molecular weight excluding hydrogens is 434 g/mol. The van der Waals surface area contributed by atoms with Crippen molar-refractivity contribution < 1.29 is 9.21 Å². The summed E-state index contributed by atoms with van der Waals surface area (Å²) in [4.78, 5) is 20.0. The van der Waals surface area contributed by atoms with E-state index in [9.17, 15) is 4.79 Å². The van der Waals surface area contributed by atoms with Gasteiger partial charge in [-0.1, -0.05) is 47.6 Å². The first-order chi connectivity index (χ1) is 15.2. The number of anilines is 1. The number of benzene rings is 2. The van der Waals surface area contributed by atoms with E-state index < -0.39 is 0 Å². The van der Waals surface area contributed by atoms with E-state index in [0.29, 0.717) is 24.2 Å². The van der Waals surface area contributed by atoms with Gasteiger partial charge in [0, 0.05) is 54.0 Å². The van der Waals surface area contributed by atoms with Crippen molar-refractivity contribution >= 4 is 45.9 Å². The molecule has 2 aromatic heterocycles. The lowest BCUT2D eigenvalue weighted by Gasteiger charge is -2.36. The van der Waals surface area contributed by atoms with E-state index in [2.05, 4.69) is 20.1 Å². The molecule has 1 fully saturated rings. The van der Waals surface area contributed by atoms with Gasteiger partial charge in [-0.25, -0.2) is 0 Å². The van der Waals surface area contributed by atoms with Crippen LogP contribution in [-0.2, 0) is 4.79 Å². The summed E-state index contributed by atoms with van der Waals surface area (Å²) in [5.41, 5.74) is 2.96. The lowest BCUT2D eigenvalue weighted by Crippen LogP contribution is -2.49. The largest absolute Gasteiger partial charge is 0.411 e. The summed E-state index contributed by atoms with van der Waals surface area (Å²) in [5.74, 6) is 0.789. The minimum Gasteiger partial charge on any atom is -0.411 e. The molecule has 2 aromatic carbocycles. The van der Waals surface area contributed by atoms with Crippen LogP contribution in [0.2, 0.25) is 5.02 Å². The lowest BCUT2D eigenvalue weighted by molar-refractivity contribution is -0.128. The summed E-state index contributed by atoms with van der Waals surface area (Å²) in [6.45, 7) is 2.91. The maximum Gasteiger partial charge on any atom is 0.277 e. The van der Waals surface area contributed by atoms with Crippen molar-refractivity contribution in [1.82, 2.24) is 20.1 Å². The number of thioether (sulfide) groups is 1. The van der Waals surface area contributed by atoms with Gasteiger partial charge in [-0.15, -0.1) is 10.2 Å². The van der Waals surface area contributed by atoms with Gasteiger partial charge in [0.15, 0.2) is 0 Å². The van der Waals surface area contributed by atoms with Crippen molar-refractivity contribution in [3.63, 3.8) is 0 Å². The highest BCUT2D eigenvalue weighted by Crippen LogP contribution is 2.29. The third kappa shape index (κ3) is 4.26. The number of aromatic amines is 1. The highest BCUT2D eigenvalue weighted by Gasteiger charge is 2.22. The zero-order valence-corrected chi connectivity index (χ0v) is 18.2. The molecule has 0 unspecified atom stereocenters. The Kier molecular flexibility index (Phi) is 5.57. The molecule has 0 radical (unpaired) electrons. The van der Waals surface area contributed by atoms with Gasteiger partial charge < -0.3 is 19.2 Å². The van der Waals surface area contributed by atoms with Crippen LogP contribution >= 0.6 is 23.4 Å². The predicted molar refractivity (Wildman–Crippen MR) is 123 cm³/mol. The van der Waals surface area contributed by atoms with Crippen LogP contribution in [0.3, 0.4) is 0 Å². The first-order valence-electron chi connectivity index (χ1n) is 9.98. The number of nitrogens with one attached hydrogen (secondary N) is 1. The number of rotatable bonds is 5. The van der Waals surface area contributed by atoms with Crippen molar-refractivity contribution in [2.45, 2.75) is 5.22 Å². The van der Waals surface area contributed by atoms with Crippen LogP contribution in [-0.4, -0.2) is 57.9 Å². The topological polar surface area (TPSA) is 78.3 Å².